The highest BCUT2D eigenvalue weighted by Gasteiger charge is 2.44. The number of allylic oxidation sites excluding steroid dienone is 1. The van der Waals surface area contributed by atoms with Crippen LogP contribution in [-0.4, -0.2) is 68.1 Å². The fourth-order valence-corrected chi connectivity index (χ4v) is 5.25. The molecule has 10 nitrogen and oxygen atoms in total. The number of Topliss-reactive ketones (excluding diaryl/α,β-unsaturated/α-hetero) is 1. The Morgan fingerprint density at radius 1 is 1.43 bits per heavy atom. The van der Waals surface area contributed by atoms with Crippen molar-refractivity contribution >= 4 is 27.6 Å². The van der Waals surface area contributed by atoms with E-state index in [2.05, 4.69) is 5.32 Å². The molecule has 0 aliphatic carbocycles. The van der Waals surface area contributed by atoms with E-state index in [1.165, 1.54) is 18.9 Å². The molecular formula is C17H28N4O6S. The number of nitrogens with one attached hydrogen (secondary N) is 1. The predicted octanol–water partition coefficient (Wildman–Crippen LogP) is -0.524. The van der Waals surface area contributed by atoms with Gasteiger partial charge >= 0.3 is 0 Å². The van der Waals surface area contributed by atoms with Crippen molar-refractivity contribution in [2.24, 2.45) is 11.7 Å². The van der Waals surface area contributed by atoms with Crippen LogP contribution in [0.15, 0.2) is 10.8 Å². The molecule has 1 saturated heterocycles. The molecule has 0 spiro atoms. The molecule has 2 aliphatic rings. The average Bonchev–Trinajstić information content (AvgIpc) is 2.82. The average molecular weight is 417 g/mol. The number of amides is 2. The fraction of sp³-hybridized carbons (Fsp3) is 0.706. The minimum atomic E-state index is -4.32. The predicted molar refractivity (Wildman–Crippen MR) is 101 cm³/mol. The Bertz CT molecular complexity index is 779. The van der Waals surface area contributed by atoms with Gasteiger partial charge in [-0.25, -0.2) is 4.31 Å². The van der Waals surface area contributed by atoms with Gasteiger partial charge in [0.25, 0.3) is 10.0 Å². The first-order valence-corrected chi connectivity index (χ1v) is 10.7. The van der Waals surface area contributed by atoms with Gasteiger partial charge in [0, 0.05) is 19.4 Å². The lowest BCUT2D eigenvalue weighted by molar-refractivity contribution is -0.134. The van der Waals surface area contributed by atoms with E-state index in [1.807, 2.05) is 0 Å². The van der Waals surface area contributed by atoms with Crippen LogP contribution in [0.25, 0.3) is 0 Å². The van der Waals surface area contributed by atoms with Gasteiger partial charge in [0.15, 0.2) is 17.5 Å². The Labute approximate surface area is 165 Å². The molecule has 0 bridgehead atoms. The van der Waals surface area contributed by atoms with Crippen LogP contribution in [0.3, 0.4) is 0 Å². The smallest absolute Gasteiger partial charge is 0.286 e. The van der Waals surface area contributed by atoms with Gasteiger partial charge in [-0.3, -0.25) is 14.4 Å². The maximum atomic E-state index is 13.4. The molecule has 2 heterocycles. The molecule has 2 amide bonds. The quantitative estimate of drug-likeness (QED) is 0.565. The zero-order chi connectivity index (χ0) is 21.1. The monoisotopic (exact) mass is 416 g/mol. The van der Waals surface area contributed by atoms with E-state index >= 15 is 0 Å². The summed E-state index contributed by atoms with van der Waals surface area (Å²) < 4.78 is 32.8. The summed E-state index contributed by atoms with van der Waals surface area (Å²) in [6, 6.07) is -1.09. The Hall–Kier alpha value is -2.14. The summed E-state index contributed by atoms with van der Waals surface area (Å²) in [4.78, 5) is 38.2. The Morgan fingerprint density at radius 3 is 2.68 bits per heavy atom. The number of rotatable bonds is 7. The maximum Gasteiger partial charge on any atom is 0.286 e. The molecule has 0 radical (unpaired) electrons. The number of ketones is 1. The zero-order valence-electron chi connectivity index (χ0n) is 16.4. The maximum absolute atomic E-state index is 13.4. The second-order valence-electron chi connectivity index (χ2n) is 7.17. The van der Waals surface area contributed by atoms with Crippen molar-refractivity contribution in [1.29, 1.82) is 0 Å². The third kappa shape index (κ3) is 4.64. The van der Waals surface area contributed by atoms with Crippen molar-refractivity contribution in [2.75, 3.05) is 26.9 Å². The van der Waals surface area contributed by atoms with E-state index < -0.39 is 33.8 Å². The van der Waals surface area contributed by atoms with Crippen molar-refractivity contribution in [3.8, 4) is 0 Å². The topological polar surface area (TPSA) is 139 Å². The third-order valence-electron chi connectivity index (χ3n) is 4.93. The van der Waals surface area contributed by atoms with Crippen molar-refractivity contribution in [3.63, 3.8) is 0 Å². The normalized spacial score (nSPS) is 21.9. The largest absolute Gasteiger partial charge is 0.475 e. The molecule has 0 saturated carbocycles. The first-order valence-electron chi connectivity index (χ1n) is 9.22. The second kappa shape index (κ2) is 8.91. The van der Waals surface area contributed by atoms with Gasteiger partial charge in [-0.1, -0.05) is 6.92 Å². The van der Waals surface area contributed by atoms with Gasteiger partial charge in [0.1, 0.15) is 11.8 Å². The number of nitrogens with zero attached hydrogens (tertiary/aromatic N) is 2. The molecule has 2 aliphatic heterocycles. The van der Waals surface area contributed by atoms with Crippen LogP contribution in [0.1, 0.15) is 39.5 Å². The molecule has 0 aromatic rings. The molecule has 2 rings (SSSR count). The minimum Gasteiger partial charge on any atom is -0.475 e. The fourth-order valence-electron chi connectivity index (χ4n) is 3.28. The molecule has 2 atom stereocenters. The molecule has 11 heteroatoms. The Balaban J connectivity index is 2.41. The molecule has 0 aromatic carbocycles. The van der Waals surface area contributed by atoms with Gasteiger partial charge in [0.05, 0.1) is 6.54 Å². The number of hydrogen-bond acceptors (Lipinski definition) is 8. The lowest BCUT2D eigenvalue weighted by Crippen LogP contribution is -2.51. The molecule has 0 aromatic heterocycles. The number of sulfonamides is 1. The van der Waals surface area contributed by atoms with Crippen LogP contribution >= 0.6 is 0 Å². The lowest BCUT2D eigenvalue weighted by atomic mass is 10.0. The molecule has 3 N–H and O–H groups in total. The molecule has 28 heavy (non-hydrogen) atoms. The summed E-state index contributed by atoms with van der Waals surface area (Å²) in [6.45, 7) is 3.67. The highest BCUT2D eigenvalue weighted by molar-refractivity contribution is 7.93. The van der Waals surface area contributed by atoms with Crippen LogP contribution in [0.2, 0.25) is 0 Å². The van der Waals surface area contributed by atoms with Crippen LogP contribution in [0, 0.1) is 5.92 Å². The summed E-state index contributed by atoms with van der Waals surface area (Å²) in [5, 5.41) is 2.80. The van der Waals surface area contributed by atoms with Crippen molar-refractivity contribution in [3.05, 3.63) is 10.8 Å². The zero-order valence-corrected chi connectivity index (χ0v) is 17.3. The Morgan fingerprint density at radius 2 is 2.11 bits per heavy atom. The second-order valence-corrected chi connectivity index (χ2v) is 8.90. The van der Waals surface area contributed by atoms with Gasteiger partial charge < -0.3 is 20.7 Å². The van der Waals surface area contributed by atoms with Crippen LogP contribution in [0.5, 0.6) is 0 Å². The van der Waals surface area contributed by atoms with Crippen molar-refractivity contribution in [1.82, 2.24) is 14.5 Å². The number of primary amides is 1. The van der Waals surface area contributed by atoms with E-state index in [1.54, 1.807) is 6.92 Å². The SMILES string of the molecule is CC1=C(S(=O)(=O)N(C(=O)CCC(C)C(N)=O)[C@H]2CCCNCC2=O)N(C)CO1. The summed E-state index contributed by atoms with van der Waals surface area (Å²) in [5.41, 5.74) is 5.23. The summed E-state index contributed by atoms with van der Waals surface area (Å²) >= 11 is 0. The van der Waals surface area contributed by atoms with E-state index in [4.69, 9.17) is 10.5 Å². The van der Waals surface area contributed by atoms with Gasteiger partial charge in [0.2, 0.25) is 11.8 Å². The van der Waals surface area contributed by atoms with Crippen LogP contribution in [-0.2, 0) is 29.1 Å². The molecular weight excluding hydrogens is 388 g/mol. The molecule has 1 fully saturated rings. The molecule has 1 unspecified atom stereocenters. The highest BCUT2D eigenvalue weighted by atomic mass is 32.2. The van der Waals surface area contributed by atoms with E-state index in [0.29, 0.717) is 17.3 Å². The van der Waals surface area contributed by atoms with Gasteiger partial charge in [-0.05, 0) is 32.7 Å². The third-order valence-corrected chi connectivity index (χ3v) is 7.00. The van der Waals surface area contributed by atoms with E-state index in [-0.39, 0.29) is 49.1 Å². The number of carbonyl (C=O) groups excluding carboxylic acids is 3. The van der Waals surface area contributed by atoms with E-state index in [0.717, 1.165) is 0 Å². The Kier molecular flexibility index (Phi) is 7.05. The highest BCUT2D eigenvalue weighted by Crippen LogP contribution is 2.30. The van der Waals surface area contributed by atoms with Gasteiger partial charge in [-0.2, -0.15) is 8.42 Å². The summed E-state index contributed by atoms with van der Waals surface area (Å²) in [7, 11) is -2.78. The summed E-state index contributed by atoms with van der Waals surface area (Å²) in [5.74, 6) is -2.07. The van der Waals surface area contributed by atoms with Crippen molar-refractivity contribution in [2.45, 2.75) is 45.6 Å². The molecule has 158 valence electrons. The first-order chi connectivity index (χ1) is 13.1. The first kappa shape index (κ1) is 22.2. The van der Waals surface area contributed by atoms with Gasteiger partial charge in [-0.15, -0.1) is 0 Å². The van der Waals surface area contributed by atoms with Crippen molar-refractivity contribution < 1.29 is 27.5 Å². The minimum absolute atomic E-state index is 0.00791. The standard InChI is InChI=1S/C17H28N4O6S/c1-11(16(18)24)6-7-15(23)21(13-5-4-8-19-9-14(13)22)28(25,26)17-12(2)27-10-20(17)3/h11,13,19H,4-10H2,1-3H3,(H2,18,24)/t11?,13-/m0/s1. The summed E-state index contributed by atoms with van der Waals surface area (Å²) in [6.07, 6.45) is 0.679. The number of ether oxygens (including phenoxy) is 1. The number of hydrogen-bond donors (Lipinski definition) is 2. The number of carbonyl (C=O) groups is 3. The lowest BCUT2D eigenvalue weighted by Gasteiger charge is -2.31. The van der Waals surface area contributed by atoms with E-state index in [9.17, 15) is 22.8 Å². The van der Waals surface area contributed by atoms with Crippen LogP contribution < -0.4 is 11.1 Å². The van der Waals surface area contributed by atoms with Crippen LogP contribution in [0.4, 0.5) is 0 Å². The number of nitrogens with two attached hydrogens (primary N) is 1.